The number of anilines is 1. The maximum Gasteiger partial charge on any atom is 0.326 e. The number of ether oxygens (including phenoxy) is 2. The fraction of sp³-hybridized carbons (Fsp3) is 0.529. The van der Waals surface area contributed by atoms with Gasteiger partial charge in [-0.1, -0.05) is 0 Å². The Kier molecular flexibility index (Phi) is 6.87. The average Bonchev–Trinajstić information content (AvgIpc) is 3.03. The van der Waals surface area contributed by atoms with Crippen LogP contribution in [0.2, 0.25) is 0 Å². The number of quaternary nitrogens is 1. The van der Waals surface area contributed by atoms with Crippen LogP contribution < -0.4 is 25.0 Å². The highest BCUT2D eigenvalue weighted by atomic mass is 16.5. The van der Waals surface area contributed by atoms with Gasteiger partial charge >= 0.3 is 6.03 Å². The van der Waals surface area contributed by atoms with Crippen molar-refractivity contribution in [1.82, 2.24) is 5.32 Å². The van der Waals surface area contributed by atoms with Gasteiger partial charge in [-0.25, -0.2) is 4.79 Å². The predicted octanol–water partition coefficient (Wildman–Crippen LogP) is 0.811. The van der Waals surface area contributed by atoms with E-state index in [1.165, 1.54) is 4.90 Å². The smallest absolute Gasteiger partial charge is 0.326 e. The number of benzene rings is 1. The molecule has 1 saturated heterocycles. The van der Waals surface area contributed by atoms with Crippen molar-refractivity contribution in [2.75, 3.05) is 38.2 Å². The quantitative estimate of drug-likeness (QED) is 0.688. The normalized spacial score (nSPS) is 14.2. The van der Waals surface area contributed by atoms with Crippen molar-refractivity contribution in [2.24, 2.45) is 0 Å². The predicted molar refractivity (Wildman–Crippen MR) is 90.7 cm³/mol. The van der Waals surface area contributed by atoms with E-state index in [0.29, 0.717) is 36.9 Å². The Morgan fingerprint density at radius 2 is 1.75 bits per heavy atom. The Morgan fingerprint density at radius 3 is 2.42 bits per heavy atom. The molecule has 0 atom stereocenters. The zero-order chi connectivity index (χ0) is 17.4. The molecule has 2 rings (SSSR count). The third kappa shape index (κ3) is 5.42. The van der Waals surface area contributed by atoms with Gasteiger partial charge in [0, 0.05) is 24.6 Å². The van der Waals surface area contributed by atoms with Gasteiger partial charge in [0.2, 0.25) is 0 Å². The Hall–Kier alpha value is -2.28. The van der Waals surface area contributed by atoms with Crippen molar-refractivity contribution >= 4 is 17.6 Å². The molecule has 0 spiro atoms. The molecule has 7 heteroatoms. The first kappa shape index (κ1) is 18.1. The van der Waals surface area contributed by atoms with Gasteiger partial charge in [-0.15, -0.1) is 0 Å². The van der Waals surface area contributed by atoms with Crippen LogP contribution in [0.1, 0.15) is 26.7 Å². The van der Waals surface area contributed by atoms with E-state index in [4.69, 9.17) is 9.47 Å². The molecule has 0 saturated carbocycles. The number of carbonyl (C=O) groups is 2. The van der Waals surface area contributed by atoms with E-state index >= 15 is 0 Å². The number of imide groups is 1. The van der Waals surface area contributed by atoms with Crippen LogP contribution in [0.15, 0.2) is 18.2 Å². The minimum absolute atomic E-state index is 0.264. The van der Waals surface area contributed by atoms with Crippen molar-refractivity contribution in [3.05, 3.63) is 18.2 Å². The topological polar surface area (TPSA) is 81.1 Å². The van der Waals surface area contributed by atoms with Crippen LogP contribution in [-0.2, 0) is 4.79 Å². The lowest BCUT2D eigenvalue weighted by Crippen LogP contribution is -3.11. The summed E-state index contributed by atoms with van der Waals surface area (Å²) in [5.41, 5.74) is 0.542. The summed E-state index contributed by atoms with van der Waals surface area (Å²) in [6.07, 6.45) is 2.28. The van der Waals surface area contributed by atoms with Gasteiger partial charge in [0.25, 0.3) is 5.91 Å². The number of carbonyl (C=O) groups excluding carboxylic acids is 2. The molecule has 3 amide bonds. The molecule has 132 valence electrons. The Labute approximate surface area is 142 Å². The summed E-state index contributed by atoms with van der Waals surface area (Å²) in [4.78, 5) is 25.0. The maximum atomic E-state index is 12.0. The van der Waals surface area contributed by atoms with Crippen molar-refractivity contribution < 1.29 is 24.0 Å². The van der Waals surface area contributed by atoms with Gasteiger partial charge in [0.1, 0.15) is 0 Å². The van der Waals surface area contributed by atoms with Crippen molar-refractivity contribution in [3.63, 3.8) is 0 Å². The zero-order valence-electron chi connectivity index (χ0n) is 14.3. The number of amides is 3. The van der Waals surface area contributed by atoms with E-state index in [0.717, 1.165) is 25.9 Å². The molecule has 1 aromatic carbocycles. The number of urea groups is 1. The summed E-state index contributed by atoms with van der Waals surface area (Å²) in [5.74, 6) is 0.921. The molecule has 0 unspecified atom stereocenters. The van der Waals surface area contributed by atoms with Gasteiger partial charge in [0.15, 0.2) is 18.0 Å². The fourth-order valence-corrected chi connectivity index (χ4v) is 2.74. The molecular weight excluding hydrogens is 310 g/mol. The number of hydrogen-bond donors (Lipinski definition) is 3. The first-order valence-corrected chi connectivity index (χ1v) is 8.46. The monoisotopic (exact) mass is 336 g/mol. The SMILES string of the molecule is CCOc1ccc(NC(=O)NC(=O)C[NH+]2CCCC2)cc1OCC. The molecule has 0 bridgehead atoms. The second-order valence-corrected chi connectivity index (χ2v) is 5.66. The fourth-order valence-electron chi connectivity index (χ4n) is 2.74. The van der Waals surface area contributed by atoms with E-state index in [9.17, 15) is 9.59 Å². The van der Waals surface area contributed by atoms with Gasteiger partial charge in [0.05, 0.1) is 26.3 Å². The number of rotatable bonds is 7. The van der Waals surface area contributed by atoms with Crippen LogP contribution in [0, 0.1) is 0 Å². The standard InChI is InChI=1S/C17H25N3O4/c1-3-23-14-8-7-13(11-15(14)24-4-2)18-17(22)19-16(21)12-20-9-5-6-10-20/h7-8,11H,3-6,9-10,12H2,1-2H3,(H2,18,19,21,22)/p+1. The molecule has 1 aliphatic heterocycles. The van der Waals surface area contributed by atoms with E-state index in [1.807, 2.05) is 13.8 Å². The lowest BCUT2D eigenvalue weighted by molar-refractivity contribution is -0.879. The summed E-state index contributed by atoms with van der Waals surface area (Å²) in [6.45, 7) is 7.11. The summed E-state index contributed by atoms with van der Waals surface area (Å²) >= 11 is 0. The first-order chi connectivity index (χ1) is 11.6. The molecular formula is C17H26N3O4+. The maximum absolute atomic E-state index is 12.0. The number of nitrogens with one attached hydrogen (secondary N) is 3. The lowest BCUT2D eigenvalue weighted by Gasteiger charge is -2.14. The van der Waals surface area contributed by atoms with Crippen LogP contribution in [0.3, 0.4) is 0 Å². The molecule has 0 radical (unpaired) electrons. The minimum Gasteiger partial charge on any atom is -0.490 e. The van der Waals surface area contributed by atoms with Crippen LogP contribution in [-0.4, -0.2) is 44.8 Å². The Bertz CT molecular complexity index is 571. The van der Waals surface area contributed by atoms with Crippen LogP contribution in [0.25, 0.3) is 0 Å². The molecule has 1 heterocycles. The highest BCUT2D eigenvalue weighted by molar-refractivity contribution is 6.01. The highest BCUT2D eigenvalue weighted by Gasteiger charge is 2.20. The molecule has 7 nitrogen and oxygen atoms in total. The van der Waals surface area contributed by atoms with Crippen molar-refractivity contribution in [2.45, 2.75) is 26.7 Å². The van der Waals surface area contributed by atoms with Gasteiger partial charge in [-0.2, -0.15) is 0 Å². The summed E-state index contributed by atoms with van der Waals surface area (Å²) in [6, 6.07) is 4.60. The third-order valence-electron chi connectivity index (χ3n) is 3.78. The van der Waals surface area contributed by atoms with Gasteiger partial charge in [-0.05, 0) is 26.0 Å². The number of likely N-dealkylation sites (tertiary alicyclic amines) is 1. The third-order valence-corrected chi connectivity index (χ3v) is 3.78. The summed E-state index contributed by atoms with van der Waals surface area (Å²) in [7, 11) is 0. The second-order valence-electron chi connectivity index (χ2n) is 5.66. The molecule has 1 aromatic rings. The molecule has 0 aromatic heterocycles. The Balaban J connectivity index is 1.90. The van der Waals surface area contributed by atoms with E-state index in [2.05, 4.69) is 10.6 Å². The Morgan fingerprint density at radius 1 is 1.08 bits per heavy atom. The molecule has 0 aliphatic carbocycles. The molecule has 3 N–H and O–H groups in total. The lowest BCUT2D eigenvalue weighted by atomic mass is 10.2. The average molecular weight is 336 g/mol. The zero-order valence-corrected chi connectivity index (χ0v) is 14.3. The minimum atomic E-state index is -0.537. The second kappa shape index (κ2) is 9.12. The van der Waals surface area contributed by atoms with Crippen LogP contribution in [0.4, 0.5) is 10.5 Å². The molecule has 1 aliphatic rings. The van der Waals surface area contributed by atoms with E-state index in [1.54, 1.807) is 18.2 Å². The highest BCUT2D eigenvalue weighted by Crippen LogP contribution is 2.30. The first-order valence-electron chi connectivity index (χ1n) is 8.46. The molecule has 1 fully saturated rings. The van der Waals surface area contributed by atoms with Crippen molar-refractivity contribution in [1.29, 1.82) is 0 Å². The summed E-state index contributed by atoms with van der Waals surface area (Å²) < 4.78 is 11.0. The van der Waals surface area contributed by atoms with Crippen LogP contribution in [0.5, 0.6) is 11.5 Å². The summed E-state index contributed by atoms with van der Waals surface area (Å²) in [5, 5.41) is 5.01. The largest absolute Gasteiger partial charge is 0.490 e. The van der Waals surface area contributed by atoms with Gasteiger partial charge in [-0.3, -0.25) is 10.1 Å². The van der Waals surface area contributed by atoms with Crippen LogP contribution >= 0.6 is 0 Å². The van der Waals surface area contributed by atoms with Gasteiger partial charge < -0.3 is 19.7 Å². The number of hydrogen-bond acceptors (Lipinski definition) is 4. The van der Waals surface area contributed by atoms with E-state index < -0.39 is 6.03 Å². The molecule has 24 heavy (non-hydrogen) atoms. The van der Waals surface area contributed by atoms with Crippen molar-refractivity contribution in [3.8, 4) is 11.5 Å². The van der Waals surface area contributed by atoms with E-state index in [-0.39, 0.29) is 5.91 Å².